The van der Waals surface area contributed by atoms with Gasteiger partial charge in [-0.15, -0.1) is 6.58 Å². The van der Waals surface area contributed by atoms with Gasteiger partial charge in [-0.3, -0.25) is 9.69 Å². The van der Waals surface area contributed by atoms with Gasteiger partial charge in [0, 0.05) is 25.7 Å². The molecule has 2 heterocycles. The maximum atomic E-state index is 12.3. The van der Waals surface area contributed by atoms with Crippen molar-refractivity contribution in [2.24, 2.45) is 5.92 Å². The summed E-state index contributed by atoms with van der Waals surface area (Å²) in [7, 11) is 0. The van der Waals surface area contributed by atoms with Crippen molar-refractivity contribution in [2.75, 3.05) is 39.3 Å². The van der Waals surface area contributed by atoms with E-state index in [4.69, 9.17) is 0 Å². The molecule has 2 aliphatic rings. The highest BCUT2D eigenvalue weighted by atomic mass is 16.1. The van der Waals surface area contributed by atoms with Gasteiger partial charge < -0.3 is 10.2 Å². The lowest BCUT2D eigenvalue weighted by Gasteiger charge is -2.42. The van der Waals surface area contributed by atoms with E-state index in [-0.39, 0.29) is 11.8 Å². The summed E-state index contributed by atoms with van der Waals surface area (Å²) < 4.78 is 0. The second kappa shape index (κ2) is 9.89. The number of amides is 1. The smallest absolute Gasteiger partial charge is 0.224 e. The first kappa shape index (κ1) is 19.1. The Morgan fingerprint density at radius 1 is 1.15 bits per heavy atom. The van der Waals surface area contributed by atoms with Crippen LogP contribution in [0.5, 0.6) is 0 Å². The average molecular weight is 356 g/mol. The minimum absolute atomic E-state index is 0.153. The fourth-order valence-electron chi connectivity index (χ4n) is 4.31. The zero-order valence-electron chi connectivity index (χ0n) is 15.9. The topological polar surface area (TPSA) is 35.6 Å². The molecule has 1 aromatic carbocycles. The largest absolute Gasteiger partial charge is 0.352 e. The first-order valence-corrected chi connectivity index (χ1v) is 10.1. The van der Waals surface area contributed by atoms with Crippen molar-refractivity contribution in [3.8, 4) is 0 Å². The normalized spacial score (nSPS) is 22.8. The van der Waals surface area contributed by atoms with E-state index in [0.29, 0.717) is 12.6 Å². The van der Waals surface area contributed by atoms with Gasteiger partial charge in [-0.25, -0.2) is 0 Å². The van der Waals surface area contributed by atoms with Gasteiger partial charge in [0.2, 0.25) is 5.91 Å². The number of rotatable bonds is 7. The molecule has 0 radical (unpaired) electrons. The van der Waals surface area contributed by atoms with Crippen LogP contribution in [0.15, 0.2) is 43.0 Å². The summed E-state index contributed by atoms with van der Waals surface area (Å²) in [5.41, 5.74) is 1.43. The van der Waals surface area contributed by atoms with Crippen molar-refractivity contribution in [3.63, 3.8) is 0 Å². The van der Waals surface area contributed by atoms with Crippen molar-refractivity contribution in [1.82, 2.24) is 15.1 Å². The molecule has 2 fully saturated rings. The highest BCUT2D eigenvalue weighted by Gasteiger charge is 2.31. The molecule has 4 heteroatoms. The molecule has 2 saturated heterocycles. The van der Waals surface area contributed by atoms with Gasteiger partial charge in [0.25, 0.3) is 0 Å². The molecule has 1 atom stereocenters. The third-order valence-corrected chi connectivity index (χ3v) is 5.88. The fraction of sp³-hybridized carbons (Fsp3) is 0.591. The number of hydrogen-bond acceptors (Lipinski definition) is 3. The number of carbonyl (C=O) groups is 1. The van der Waals surface area contributed by atoms with Crippen LogP contribution in [0, 0.1) is 5.92 Å². The van der Waals surface area contributed by atoms with Gasteiger partial charge in [0.15, 0.2) is 0 Å². The molecule has 26 heavy (non-hydrogen) atoms. The van der Waals surface area contributed by atoms with Crippen LogP contribution in [0.3, 0.4) is 0 Å². The van der Waals surface area contributed by atoms with E-state index in [0.717, 1.165) is 38.9 Å². The summed E-state index contributed by atoms with van der Waals surface area (Å²) in [6, 6.07) is 11.4. The molecule has 0 aliphatic carbocycles. The lowest BCUT2D eigenvalue weighted by Crippen LogP contribution is -2.51. The SMILES string of the molecule is C=CCNC(=O)C1CCCN(C2CCN(CCc3ccccc3)CC2)C1. The lowest BCUT2D eigenvalue weighted by atomic mass is 9.93. The number of likely N-dealkylation sites (tertiary alicyclic amines) is 2. The van der Waals surface area contributed by atoms with E-state index in [1.807, 2.05) is 0 Å². The second-order valence-corrected chi connectivity index (χ2v) is 7.68. The van der Waals surface area contributed by atoms with Crippen LogP contribution in [0.2, 0.25) is 0 Å². The zero-order valence-corrected chi connectivity index (χ0v) is 15.9. The van der Waals surface area contributed by atoms with Crippen molar-refractivity contribution < 1.29 is 4.79 Å². The molecule has 4 nitrogen and oxygen atoms in total. The Kier molecular flexibility index (Phi) is 7.27. The Morgan fingerprint density at radius 3 is 2.65 bits per heavy atom. The van der Waals surface area contributed by atoms with Crippen molar-refractivity contribution in [2.45, 2.75) is 38.1 Å². The number of piperidine rings is 2. The monoisotopic (exact) mass is 355 g/mol. The highest BCUT2D eigenvalue weighted by Crippen LogP contribution is 2.24. The second-order valence-electron chi connectivity index (χ2n) is 7.68. The Labute approximate surface area is 158 Å². The van der Waals surface area contributed by atoms with Crippen LogP contribution in [-0.4, -0.2) is 61.0 Å². The van der Waals surface area contributed by atoms with Gasteiger partial charge in [-0.1, -0.05) is 36.4 Å². The van der Waals surface area contributed by atoms with Gasteiger partial charge >= 0.3 is 0 Å². The molecule has 3 rings (SSSR count). The molecule has 1 aromatic rings. The molecule has 1 unspecified atom stereocenters. The molecule has 142 valence electrons. The standard InChI is InChI=1S/C22H33N3O/c1-2-13-23-22(26)20-9-6-14-25(18-20)21-11-16-24(17-12-21)15-10-19-7-4-3-5-8-19/h2-5,7-8,20-21H,1,6,9-18H2,(H,23,26). The predicted molar refractivity (Wildman–Crippen MR) is 107 cm³/mol. The van der Waals surface area contributed by atoms with E-state index < -0.39 is 0 Å². The minimum Gasteiger partial charge on any atom is -0.352 e. The summed E-state index contributed by atoms with van der Waals surface area (Å²) in [4.78, 5) is 17.4. The Morgan fingerprint density at radius 2 is 1.92 bits per heavy atom. The van der Waals surface area contributed by atoms with E-state index >= 15 is 0 Å². The fourth-order valence-corrected chi connectivity index (χ4v) is 4.31. The lowest BCUT2D eigenvalue weighted by molar-refractivity contribution is -0.127. The molecule has 0 bridgehead atoms. The summed E-state index contributed by atoms with van der Waals surface area (Å²) in [5, 5.41) is 2.97. The third kappa shape index (κ3) is 5.42. The van der Waals surface area contributed by atoms with Gasteiger partial charge in [-0.05, 0) is 57.3 Å². The Bertz CT molecular complexity index is 566. The molecule has 1 N–H and O–H groups in total. The van der Waals surface area contributed by atoms with Gasteiger partial charge in [0.05, 0.1) is 5.92 Å². The maximum absolute atomic E-state index is 12.3. The third-order valence-electron chi connectivity index (χ3n) is 5.88. The average Bonchev–Trinajstić information content (AvgIpc) is 2.71. The van der Waals surface area contributed by atoms with Crippen LogP contribution in [-0.2, 0) is 11.2 Å². The molecule has 0 saturated carbocycles. The van der Waals surface area contributed by atoms with E-state index in [1.165, 1.54) is 31.5 Å². The van der Waals surface area contributed by atoms with Gasteiger partial charge in [0.1, 0.15) is 0 Å². The Balaban J connectivity index is 1.41. The van der Waals surface area contributed by atoms with Crippen LogP contribution in [0.25, 0.3) is 0 Å². The van der Waals surface area contributed by atoms with Crippen LogP contribution < -0.4 is 5.32 Å². The summed E-state index contributed by atoms with van der Waals surface area (Å²) in [6.45, 7) is 9.86. The molecular weight excluding hydrogens is 322 g/mol. The van der Waals surface area contributed by atoms with E-state index in [1.54, 1.807) is 6.08 Å². The van der Waals surface area contributed by atoms with Crippen molar-refractivity contribution >= 4 is 5.91 Å². The van der Waals surface area contributed by atoms with Crippen LogP contribution in [0.1, 0.15) is 31.2 Å². The summed E-state index contributed by atoms with van der Waals surface area (Å²) in [6.07, 6.45) is 7.52. The van der Waals surface area contributed by atoms with Crippen molar-refractivity contribution in [1.29, 1.82) is 0 Å². The van der Waals surface area contributed by atoms with Crippen LogP contribution >= 0.6 is 0 Å². The molecule has 0 spiro atoms. The quantitative estimate of drug-likeness (QED) is 0.764. The number of carbonyl (C=O) groups excluding carboxylic acids is 1. The summed E-state index contributed by atoms with van der Waals surface area (Å²) >= 11 is 0. The number of nitrogens with one attached hydrogen (secondary N) is 1. The van der Waals surface area contributed by atoms with Crippen LogP contribution in [0.4, 0.5) is 0 Å². The Hall–Kier alpha value is -1.65. The highest BCUT2D eigenvalue weighted by molar-refractivity contribution is 5.79. The minimum atomic E-state index is 0.153. The summed E-state index contributed by atoms with van der Waals surface area (Å²) in [5.74, 6) is 0.356. The first-order chi connectivity index (χ1) is 12.8. The van der Waals surface area contributed by atoms with Gasteiger partial charge in [-0.2, -0.15) is 0 Å². The van der Waals surface area contributed by atoms with E-state index in [9.17, 15) is 4.79 Å². The molecule has 1 amide bonds. The van der Waals surface area contributed by atoms with E-state index in [2.05, 4.69) is 52.0 Å². The number of benzene rings is 1. The van der Waals surface area contributed by atoms with Crippen molar-refractivity contribution in [3.05, 3.63) is 48.6 Å². The maximum Gasteiger partial charge on any atom is 0.224 e. The first-order valence-electron chi connectivity index (χ1n) is 10.1. The number of hydrogen-bond donors (Lipinski definition) is 1. The molecular formula is C22H33N3O. The number of nitrogens with zero attached hydrogens (tertiary/aromatic N) is 2. The molecule has 2 aliphatic heterocycles. The predicted octanol–water partition coefficient (Wildman–Crippen LogP) is 2.71. The molecule has 0 aromatic heterocycles. The zero-order chi connectivity index (χ0) is 18.2.